The molecule has 4 rings (SSSR count). The summed E-state index contributed by atoms with van der Waals surface area (Å²) in [6.07, 6.45) is 2.15. The molecule has 276 valence electrons. The third kappa shape index (κ3) is 11.9. The highest BCUT2D eigenvalue weighted by Crippen LogP contribution is 2.34. The molecule has 0 aromatic heterocycles. The molecule has 2 heterocycles. The van der Waals surface area contributed by atoms with Crippen LogP contribution in [-0.4, -0.2) is 80.3 Å². The molecule has 9 nitrogen and oxygen atoms in total. The zero-order valence-corrected chi connectivity index (χ0v) is 29.5. The molecule has 3 N–H and O–H groups in total. The zero-order valence-electron chi connectivity index (χ0n) is 29.5. The minimum Gasteiger partial charge on any atom is -0.444 e. The largest absolute Gasteiger partial charge is 0.444 e. The molecule has 49 heavy (non-hydrogen) atoms. The van der Waals surface area contributed by atoms with Crippen LogP contribution in [0.1, 0.15) is 122 Å². The number of ether oxygens (including phenoxy) is 2. The van der Waals surface area contributed by atoms with Gasteiger partial charge in [0, 0.05) is 19.7 Å². The van der Waals surface area contributed by atoms with Crippen molar-refractivity contribution in [2.45, 2.75) is 136 Å². The summed E-state index contributed by atoms with van der Waals surface area (Å²) in [6.45, 7) is 13.8. The van der Waals surface area contributed by atoms with Crippen molar-refractivity contribution >= 4 is 12.2 Å². The Bertz CT molecular complexity index is 1270. The van der Waals surface area contributed by atoms with E-state index < -0.39 is 47.5 Å². The normalized spacial score (nSPS) is 19.0. The van der Waals surface area contributed by atoms with Gasteiger partial charge in [-0.05, 0) is 127 Å². The number of hydrogen-bond acceptors (Lipinski definition) is 7. The molecule has 2 aromatic rings. The minimum atomic E-state index is -0.942. The summed E-state index contributed by atoms with van der Waals surface area (Å²) in [5.74, 6) is -0.713. The second kappa shape index (κ2) is 18.1. The lowest BCUT2D eigenvalue weighted by Crippen LogP contribution is -2.42. The lowest BCUT2D eigenvalue weighted by Gasteiger charge is -2.32. The van der Waals surface area contributed by atoms with Gasteiger partial charge in [0.25, 0.3) is 0 Å². The van der Waals surface area contributed by atoms with Gasteiger partial charge in [-0.1, -0.05) is 32.9 Å². The predicted molar refractivity (Wildman–Crippen MR) is 186 cm³/mol. The van der Waals surface area contributed by atoms with Crippen molar-refractivity contribution < 1.29 is 43.2 Å². The van der Waals surface area contributed by atoms with Crippen LogP contribution in [0.25, 0.3) is 0 Å². The fraction of sp³-hybridized carbons (Fsp3) is 0.632. The van der Waals surface area contributed by atoms with E-state index in [-0.39, 0.29) is 32.3 Å². The first-order valence-corrected chi connectivity index (χ1v) is 17.0. The highest BCUT2D eigenvalue weighted by Gasteiger charge is 2.39. The minimum absolute atomic E-state index is 0. The standard InChI is InChI=1S/C19H28FNO3.C18H26FNO4.CH4/c1-5-7-13-12-14(20)9-10-15(13)17(22)16-8-6-11-21(16)18(23)24-19(2,3)4;1-18(2,3)24-17(23)20-9-4-5-15(20)16(22)14-7-6-13(19)11-12(14)8-10-21;/h9-10,12,16-17,22H,5-8,11H2,1-4H3;6-7,11,15-16,21-22H,4-5,8-10H2,1-3H3;1H4/t16-,17?;15-,16?;/m00./s1. The number of hydrogen-bond donors (Lipinski definition) is 3. The highest BCUT2D eigenvalue weighted by molar-refractivity contribution is 5.69. The third-order valence-corrected chi connectivity index (χ3v) is 8.33. The summed E-state index contributed by atoms with van der Waals surface area (Å²) < 4.78 is 37.9. The van der Waals surface area contributed by atoms with E-state index in [4.69, 9.17) is 14.6 Å². The molecule has 2 amide bonds. The fourth-order valence-corrected chi connectivity index (χ4v) is 6.30. The molecule has 2 fully saturated rings. The number of carbonyl (C=O) groups excluding carboxylic acids is 2. The van der Waals surface area contributed by atoms with Gasteiger partial charge < -0.3 is 34.6 Å². The van der Waals surface area contributed by atoms with Crippen LogP contribution in [0.3, 0.4) is 0 Å². The van der Waals surface area contributed by atoms with Crippen LogP contribution in [0, 0.1) is 11.6 Å². The van der Waals surface area contributed by atoms with Crippen molar-refractivity contribution in [3.05, 3.63) is 70.3 Å². The van der Waals surface area contributed by atoms with E-state index in [0.717, 1.165) is 24.8 Å². The van der Waals surface area contributed by atoms with E-state index in [1.54, 1.807) is 36.6 Å². The second-order valence-corrected chi connectivity index (χ2v) is 14.6. The third-order valence-electron chi connectivity index (χ3n) is 8.33. The molecule has 2 aromatic carbocycles. The molecule has 2 saturated heterocycles. The number of aryl methyl sites for hydroxylation is 1. The zero-order chi connectivity index (χ0) is 35.8. The van der Waals surface area contributed by atoms with Gasteiger partial charge in [0.2, 0.25) is 0 Å². The number of halogens is 2. The smallest absolute Gasteiger partial charge is 0.410 e. The van der Waals surface area contributed by atoms with Crippen LogP contribution in [0.4, 0.5) is 18.4 Å². The Balaban J connectivity index is 0.000000333. The number of amides is 2. The molecule has 4 atom stereocenters. The molecule has 2 unspecified atom stereocenters. The molecule has 0 aliphatic carbocycles. The Morgan fingerprint density at radius 1 is 0.776 bits per heavy atom. The summed E-state index contributed by atoms with van der Waals surface area (Å²) in [4.78, 5) is 27.9. The van der Waals surface area contributed by atoms with Crippen molar-refractivity contribution in [2.75, 3.05) is 19.7 Å². The first kappa shape index (κ1) is 41.9. The van der Waals surface area contributed by atoms with Gasteiger partial charge in [-0.15, -0.1) is 0 Å². The fourth-order valence-electron chi connectivity index (χ4n) is 6.30. The van der Waals surface area contributed by atoms with E-state index in [1.165, 1.54) is 30.3 Å². The van der Waals surface area contributed by atoms with Crippen molar-refractivity contribution in [3.63, 3.8) is 0 Å². The number of nitrogens with zero attached hydrogens (tertiary/aromatic N) is 2. The van der Waals surface area contributed by atoms with Gasteiger partial charge >= 0.3 is 12.2 Å². The summed E-state index contributed by atoms with van der Waals surface area (Å²) in [5.41, 5.74) is 1.44. The molecule has 0 radical (unpaired) electrons. The van der Waals surface area contributed by atoms with Gasteiger partial charge in [-0.3, -0.25) is 0 Å². The van der Waals surface area contributed by atoms with Crippen LogP contribution >= 0.6 is 0 Å². The van der Waals surface area contributed by atoms with E-state index in [1.807, 2.05) is 27.7 Å². The molecular formula is C38H58F2N2O7. The Morgan fingerprint density at radius 2 is 1.16 bits per heavy atom. The quantitative estimate of drug-likeness (QED) is 0.260. The summed E-state index contributed by atoms with van der Waals surface area (Å²) in [7, 11) is 0. The number of benzene rings is 2. The van der Waals surface area contributed by atoms with E-state index in [9.17, 15) is 28.6 Å². The highest BCUT2D eigenvalue weighted by atomic mass is 19.1. The van der Waals surface area contributed by atoms with Crippen molar-refractivity contribution in [1.82, 2.24) is 9.80 Å². The average molecular weight is 693 g/mol. The van der Waals surface area contributed by atoms with E-state index in [0.29, 0.717) is 49.0 Å². The first-order chi connectivity index (χ1) is 22.5. The molecule has 0 spiro atoms. The van der Waals surface area contributed by atoms with E-state index in [2.05, 4.69) is 0 Å². The molecule has 0 bridgehead atoms. The lowest BCUT2D eigenvalue weighted by molar-refractivity contribution is 0.00415. The lowest BCUT2D eigenvalue weighted by atomic mass is 9.93. The van der Waals surface area contributed by atoms with Crippen LogP contribution in [0.15, 0.2) is 36.4 Å². The monoisotopic (exact) mass is 692 g/mol. The SMILES string of the molecule is C.CC(C)(C)OC(=O)N1CCC[C@H]1C(O)c1ccc(F)cc1CCO.CCCc1cc(F)ccc1C(O)[C@@H]1CCCN1C(=O)OC(C)(C)C. The van der Waals surface area contributed by atoms with Crippen LogP contribution in [-0.2, 0) is 22.3 Å². The van der Waals surface area contributed by atoms with Crippen LogP contribution in [0.2, 0.25) is 0 Å². The van der Waals surface area contributed by atoms with Crippen molar-refractivity contribution in [3.8, 4) is 0 Å². The Morgan fingerprint density at radius 3 is 1.51 bits per heavy atom. The maximum Gasteiger partial charge on any atom is 0.410 e. The number of likely N-dealkylation sites (tertiary alicyclic amines) is 2. The summed E-state index contributed by atoms with van der Waals surface area (Å²) >= 11 is 0. The predicted octanol–water partition coefficient (Wildman–Crippen LogP) is 7.64. The maximum atomic E-state index is 13.5. The van der Waals surface area contributed by atoms with Crippen LogP contribution in [0.5, 0.6) is 0 Å². The molecule has 2 aliphatic rings. The molecule has 0 saturated carbocycles. The Hall–Kier alpha value is -3.28. The Labute approximate surface area is 291 Å². The molecule has 2 aliphatic heterocycles. The summed E-state index contributed by atoms with van der Waals surface area (Å²) in [5, 5.41) is 30.8. The Kier molecular flexibility index (Phi) is 15.5. The number of aliphatic hydroxyl groups excluding tert-OH is 3. The molecular weight excluding hydrogens is 634 g/mol. The van der Waals surface area contributed by atoms with Crippen LogP contribution < -0.4 is 0 Å². The van der Waals surface area contributed by atoms with Crippen molar-refractivity contribution in [1.29, 1.82) is 0 Å². The van der Waals surface area contributed by atoms with Gasteiger partial charge in [-0.25, -0.2) is 18.4 Å². The van der Waals surface area contributed by atoms with Gasteiger partial charge in [0.05, 0.1) is 24.3 Å². The number of carbonyl (C=O) groups is 2. The van der Waals surface area contributed by atoms with Gasteiger partial charge in [-0.2, -0.15) is 0 Å². The van der Waals surface area contributed by atoms with Gasteiger partial charge in [0.15, 0.2) is 0 Å². The van der Waals surface area contributed by atoms with Crippen molar-refractivity contribution in [2.24, 2.45) is 0 Å². The van der Waals surface area contributed by atoms with Gasteiger partial charge in [0.1, 0.15) is 22.8 Å². The summed E-state index contributed by atoms with van der Waals surface area (Å²) in [6, 6.07) is 7.86. The first-order valence-electron chi connectivity index (χ1n) is 17.0. The number of aliphatic hydroxyl groups is 3. The van der Waals surface area contributed by atoms with E-state index >= 15 is 0 Å². The number of rotatable bonds is 8. The maximum absolute atomic E-state index is 13.5. The average Bonchev–Trinajstić information content (AvgIpc) is 3.67. The second-order valence-electron chi connectivity index (χ2n) is 14.6. The molecule has 11 heteroatoms. The topological polar surface area (TPSA) is 120 Å².